The molecule has 3 heterocycles. The first-order chi connectivity index (χ1) is 14.5. The Balaban J connectivity index is 1.35. The number of hydrogen-bond donors (Lipinski definition) is 1. The second-order valence-corrected chi connectivity index (χ2v) is 9.23. The highest BCUT2D eigenvalue weighted by atomic mass is 32.1. The minimum absolute atomic E-state index is 0.186. The van der Waals surface area contributed by atoms with Crippen molar-refractivity contribution in [3.05, 3.63) is 34.1 Å². The molecule has 2 fully saturated rings. The molecular weight excluding hydrogens is 396 g/mol. The lowest BCUT2D eigenvalue weighted by molar-refractivity contribution is -0.929. The first kappa shape index (κ1) is 21.2. The van der Waals surface area contributed by atoms with Gasteiger partial charge in [0.05, 0.1) is 18.8 Å². The number of carbonyl (C=O) groups excluding carboxylic acids is 1. The number of piperidine rings is 1. The number of quaternary nitrogens is 1. The summed E-state index contributed by atoms with van der Waals surface area (Å²) in [5.74, 6) is 0.569. The van der Waals surface area contributed by atoms with Gasteiger partial charge < -0.3 is 9.80 Å². The Morgan fingerprint density at radius 3 is 2.43 bits per heavy atom. The third-order valence-corrected chi connectivity index (χ3v) is 7.09. The maximum atomic E-state index is 12.9. The van der Waals surface area contributed by atoms with Crippen LogP contribution in [0.2, 0.25) is 0 Å². The van der Waals surface area contributed by atoms with E-state index in [0.29, 0.717) is 17.3 Å². The normalized spacial score (nSPS) is 22.7. The van der Waals surface area contributed by atoms with Gasteiger partial charge in [0.1, 0.15) is 0 Å². The number of tetrazole rings is 1. The van der Waals surface area contributed by atoms with Crippen molar-refractivity contribution in [2.45, 2.75) is 59.0 Å². The first-order valence-corrected chi connectivity index (χ1v) is 11.7. The van der Waals surface area contributed by atoms with Gasteiger partial charge in [-0.2, -0.15) is 9.36 Å². The number of nitrogens with zero attached hydrogens (tertiary/aromatic N) is 5. The molecule has 1 aromatic carbocycles. The molecule has 2 aromatic rings. The topological polar surface area (TPSA) is 60.4 Å². The van der Waals surface area contributed by atoms with Crippen LogP contribution in [0.15, 0.2) is 18.2 Å². The van der Waals surface area contributed by atoms with E-state index < -0.39 is 0 Å². The van der Waals surface area contributed by atoms with Crippen LogP contribution in [0.5, 0.6) is 0 Å². The maximum Gasteiger partial charge on any atom is 0.226 e. The van der Waals surface area contributed by atoms with Gasteiger partial charge in [0.2, 0.25) is 10.7 Å². The second-order valence-electron chi connectivity index (χ2n) is 8.86. The van der Waals surface area contributed by atoms with Crippen molar-refractivity contribution in [1.82, 2.24) is 24.7 Å². The summed E-state index contributed by atoms with van der Waals surface area (Å²) in [6.07, 6.45) is 6.73. The van der Waals surface area contributed by atoms with Crippen molar-refractivity contribution in [3.8, 4) is 5.69 Å². The SMILES string of the molecule is Cc1ccc(-n2nnn(C[NH+]3CCC(C(=O)N4CCCCCC4)CC3)c2=S)cc1C. The summed E-state index contributed by atoms with van der Waals surface area (Å²) in [5, 5.41) is 8.59. The fourth-order valence-electron chi connectivity index (χ4n) is 4.58. The molecule has 2 aliphatic heterocycles. The van der Waals surface area contributed by atoms with Gasteiger partial charge in [0.15, 0.2) is 6.67 Å². The Morgan fingerprint density at radius 2 is 1.77 bits per heavy atom. The monoisotopic (exact) mass is 429 g/mol. The molecule has 0 aliphatic carbocycles. The van der Waals surface area contributed by atoms with Gasteiger partial charge in [0.25, 0.3) is 0 Å². The first-order valence-electron chi connectivity index (χ1n) is 11.3. The number of hydrogen-bond acceptors (Lipinski definition) is 4. The lowest BCUT2D eigenvalue weighted by atomic mass is 9.95. The quantitative estimate of drug-likeness (QED) is 0.756. The molecule has 4 rings (SSSR count). The zero-order valence-corrected chi connectivity index (χ0v) is 19.0. The van der Waals surface area contributed by atoms with Gasteiger partial charge in [0, 0.05) is 31.8 Å². The highest BCUT2D eigenvalue weighted by molar-refractivity contribution is 7.71. The van der Waals surface area contributed by atoms with Crippen LogP contribution >= 0.6 is 12.2 Å². The largest absolute Gasteiger partial charge is 0.342 e. The van der Waals surface area contributed by atoms with E-state index in [1.165, 1.54) is 28.9 Å². The molecule has 0 spiro atoms. The molecule has 1 aromatic heterocycles. The molecular formula is C22H33N6OS+. The Kier molecular flexibility index (Phi) is 6.63. The molecule has 1 N–H and O–H groups in total. The summed E-state index contributed by atoms with van der Waals surface area (Å²) in [7, 11) is 0. The van der Waals surface area contributed by atoms with E-state index in [4.69, 9.17) is 12.2 Å². The maximum absolute atomic E-state index is 12.9. The Hall–Kier alpha value is -2.06. The van der Waals surface area contributed by atoms with Crippen LogP contribution in [-0.4, -0.2) is 56.8 Å². The van der Waals surface area contributed by atoms with Gasteiger partial charge in [-0.05, 0) is 72.6 Å². The summed E-state index contributed by atoms with van der Waals surface area (Å²) in [4.78, 5) is 16.4. The van der Waals surface area contributed by atoms with Crippen LogP contribution in [0.4, 0.5) is 0 Å². The molecule has 0 bridgehead atoms. The predicted molar refractivity (Wildman–Crippen MR) is 118 cm³/mol. The standard InChI is InChI=1S/C22H32N6OS/c1-17-7-8-20(15-18(17)2)28-22(30)27(23-24-28)16-25-13-9-19(10-14-25)21(29)26-11-5-3-4-6-12-26/h7-8,15,19H,3-6,9-14,16H2,1-2H3/p+1. The fraction of sp³-hybridized carbons (Fsp3) is 0.636. The van der Waals surface area contributed by atoms with E-state index in [2.05, 4.69) is 41.3 Å². The van der Waals surface area contributed by atoms with Crippen molar-refractivity contribution in [2.75, 3.05) is 26.2 Å². The predicted octanol–water partition coefficient (Wildman–Crippen LogP) is 2.07. The number of aromatic nitrogens is 4. The van der Waals surface area contributed by atoms with E-state index in [1.807, 2.05) is 10.7 Å². The van der Waals surface area contributed by atoms with Gasteiger partial charge in [-0.1, -0.05) is 18.9 Å². The van der Waals surface area contributed by atoms with Crippen LogP contribution < -0.4 is 4.90 Å². The van der Waals surface area contributed by atoms with E-state index in [9.17, 15) is 4.79 Å². The molecule has 2 aliphatic rings. The summed E-state index contributed by atoms with van der Waals surface area (Å²) < 4.78 is 4.17. The minimum Gasteiger partial charge on any atom is -0.342 e. The molecule has 0 saturated carbocycles. The van der Waals surface area contributed by atoms with Crippen LogP contribution in [-0.2, 0) is 11.5 Å². The number of likely N-dealkylation sites (tertiary alicyclic amines) is 2. The van der Waals surface area contributed by atoms with E-state index in [0.717, 1.165) is 57.5 Å². The number of aryl methyl sites for hydroxylation is 2. The third kappa shape index (κ3) is 4.64. The molecule has 8 heteroatoms. The van der Waals surface area contributed by atoms with Gasteiger partial charge in [-0.25, -0.2) is 0 Å². The Labute approximate surface area is 183 Å². The van der Waals surface area contributed by atoms with Crippen LogP contribution in [0.25, 0.3) is 5.69 Å². The smallest absolute Gasteiger partial charge is 0.226 e. The number of nitrogens with one attached hydrogen (secondary N) is 1. The highest BCUT2D eigenvalue weighted by Gasteiger charge is 2.31. The highest BCUT2D eigenvalue weighted by Crippen LogP contribution is 2.18. The van der Waals surface area contributed by atoms with E-state index >= 15 is 0 Å². The number of amides is 1. The molecule has 7 nitrogen and oxygen atoms in total. The third-order valence-electron chi connectivity index (χ3n) is 6.71. The van der Waals surface area contributed by atoms with Gasteiger partial charge in [-0.3, -0.25) is 4.79 Å². The number of benzene rings is 1. The summed E-state index contributed by atoms with van der Waals surface area (Å²) in [5.41, 5.74) is 3.41. The fourth-order valence-corrected chi connectivity index (χ4v) is 4.83. The van der Waals surface area contributed by atoms with E-state index in [-0.39, 0.29) is 5.92 Å². The molecule has 0 radical (unpaired) electrons. The molecule has 0 unspecified atom stereocenters. The summed E-state index contributed by atoms with van der Waals surface area (Å²) in [6.45, 7) is 8.73. The van der Waals surface area contributed by atoms with Crippen molar-refractivity contribution in [2.24, 2.45) is 5.92 Å². The molecule has 30 heavy (non-hydrogen) atoms. The van der Waals surface area contributed by atoms with Crippen LogP contribution in [0, 0.1) is 24.5 Å². The van der Waals surface area contributed by atoms with Crippen LogP contribution in [0.3, 0.4) is 0 Å². The summed E-state index contributed by atoms with van der Waals surface area (Å²) in [6, 6.07) is 6.21. The van der Waals surface area contributed by atoms with Crippen LogP contribution in [0.1, 0.15) is 49.7 Å². The minimum atomic E-state index is 0.186. The lowest BCUT2D eigenvalue weighted by Crippen LogP contribution is -3.12. The zero-order valence-electron chi connectivity index (χ0n) is 18.1. The second kappa shape index (κ2) is 9.39. The summed E-state index contributed by atoms with van der Waals surface area (Å²) >= 11 is 5.64. The zero-order chi connectivity index (χ0) is 21.1. The van der Waals surface area contributed by atoms with Crippen molar-refractivity contribution in [3.63, 3.8) is 0 Å². The molecule has 2 saturated heterocycles. The van der Waals surface area contributed by atoms with E-state index in [1.54, 1.807) is 4.68 Å². The average Bonchev–Trinajstić information content (AvgIpc) is 2.95. The van der Waals surface area contributed by atoms with Gasteiger partial charge in [-0.15, -0.1) is 0 Å². The average molecular weight is 430 g/mol. The Morgan fingerprint density at radius 1 is 1.07 bits per heavy atom. The van der Waals surface area contributed by atoms with Crippen molar-refractivity contribution >= 4 is 18.1 Å². The molecule has 162 valence electrons. The van der Waals surface area contributed by atoms with Crippen molar-refractivity contribution in [1.29, 1.82) is 0 Å². The molecule has 0 atom stereocenters. The lowest BCUT2D eigenvalue weighted by Gasteiger charge is -2.31. The Bertz CT molecular complexity index is 935. The number of carbonyl (C=O) groups is 1. The molecule has 1 amide bonds. The van der Waals surface area contributed by atoms with Gasteiger partial charge >= 0.3 is 0 Å². The van der Waals surface area contributed by atoms with Crippen molar-refractivity contribution < 1.29 is 9.69 Å². The number of rotatable bonds is 4.